The molecule has 2 amide bonds. The number of halogens is 2. The molecule has 0 heterocycles. The Bertz CT molecular complexity index is 1610. The second-order valence-corrected chi connectivity index (χ2v) is 14.2. The molecule has 0 radical (unpaired) electrons. The van der Waals surface area contributed by atoms with E-state index in [4.69, 9.17) is 27.9 Å². The topological polar surface area (TPSA) is 96.0 Å². The lowest BCUT2D eigenvalue weighted by molar-refractivity contribution is -0.140. The number of nitrogens with zero attached hydrogens (tertiary/aromatic N) is 2. The molecule has 8 nitrogen and oxygen atoms in total. The van der Waals surface area contributed by atoms with E-state index in [0.717, 1.165) is 47.5 Å². The number of carbonyl (C=O) groups excluding carboxylic acids is 2. The molecule has 1 N–H and O–H groups in total. The number of hydrogen-bond acceptors (Lipinski definition) is 5. The van der Waals surface area contributed by atoms with Gasteiger partial charge in [0.15, 0.2) is 0 Å². The molecule has 0 aliphatic heterocycles. The molecule has 1 fully saturated rings. The van der Waals surface area contributed by atoms with Crippen molar-refractivity contribution in [3.63, 3.8) is 0 Å². The fourth-order valence-corrected chi connectivity index (χ4v) is 7.38. The molecule has 0 spiro atoms. The molecule has 1 aliphatic rings. The Kier molecular flexibility index (Phi) is 11.8. The summed E-state index contributed by atoms with van der Waals surface area (Å²) in [7, 11) is -2.79. The van der Waals surface area contributed by atoms with E-state index < -0.39 is 28.5 Å². The summed E-state index contributed by atoms with van der Waals surface area (Å²) in [4.78, 5) is 29.7. The third kappa shape index (κ3) is 8.51. The number of benzene rings is 3. The number of methoxy groups -OCH3 is 1. The molecular formula is C34H41Cl2N3O5S. The van der Waals surface area contributed by atoms with Crippen LogP contribution in [0.15, 0.2) is 65.6 Å². The number of hydrogen-bond donors (Lipinski definition) is 1. The standard InChI is InChI=1S/C34H41Cl2N3O5S/c1-5-30(34(41)37-26-9-7-6-8-10-26)38(21-25-14-17-28(35)29(36)20-25)33(40)22-39(31-19-24(3)13-18-32(31)44-4)45(42,43)27-15-11-23(2)12-16-27/h11-20,26,30H,5-10,21-22H2,1-4H3,(H,37,41)/t30-/m0/s1. The van der Waals surface area contributed by atoms with Gasteiger partial charge in [-0.15, -0.1) is 0 Å². The normalized spacial score (nSPS) is 14.4. The molecule has 3 aromatic carbocycles. The maximum atomic E-state index is 14.4. The van der Waals surface area contributed by atoms with E-state index in [1.165, 1.54) is 24.1 Å². The summed E-state index contributed by atoms with van der Waals surface area (Å²) in [6, 6.07) is 15.8. The van der Waals surface area contributed by atoms with Crippen LogP contribution in [-0.4, -0.2) is 50.9 Å². The summed E-state index contributed by atoms with van der Waals surface area (Å²) in [5, 5.41) is 3.83. The van der Waals surface area contributed by atoms with Crippen LogP contribution in [-0.2, 0) is 26.2 Å². The van der Waals surface area contributed by atoms with E-state index in [9.17, 15) is 18.0 Å². The van der Waals surface area contributed by atoms with Gasteiger partial charge in [0, 0.05) is 12.6 Å². The minimum atomic E-state index is -4.24. The van der Waals surface area contributed by atoms with Gasteiger partial charge in [-0.2, -0.15) is 0 Å². The summed E-state index contributed by atoms with van der Waals surface area (Å²) >= 11 is 12.5. The van der Waals surface area contributed by atoms with Crippen LogP contribution in [0.2, 0.25) is 10.0 Å². The first kappa shape index (κ1) is 34.6. The van der Waals surface area contributed by atoms with Crippen LogP contribution in [0.4, 0.5) is 5.69 Å². The highest BCUT2D eigenvalue weighted by molar-refractivity contribution is 7.92. The van der Waals surface area contributed by atoms with Crippen LogP contribution < -0.4 is 14.4 Å². The Hall–Kier alpha value is -3.27. The monoisotopic (exact) mass is 673 g/mol. The van der Waals surface area contributed by atoms with Crippen molar-refractivity contribution in [2.24, 2.45) is 0 Å². The van der Waals surface area contributed by atoms with E-state index in [0.29, 0.717) is 27.8 Å². The maximum Gasteiger partial charge on any atom is 0.264 e. The number of anilines is 1. The Labute approximate surface area is 276 Å². The fraction of sp³-hybridized carbons (Fsp3) is 0.412. The predicted molar refractivity (Wildman–Crippen MR) is 180 cm³/mol. The van der Waals surface area contributed by atoms with Crippen LogP contribution in [0, 0.1) is 13.8 Å². The second kappa shape index (κ2) is 15.3. The molecule has 11 heteroatoms. The molecule has 3 aromatic rings. The number of nitrogens with one attached hydrogen (secondary N) is 1. The summed E-state index contributed by atoms with van der Waals surface area (Å²) in [5.74, 6) is -0.521. The average Bonchev–Trinajstić information content (AvgIpc) is 3.02. The highest BCUT2D eigenvalue weighted by atomic mass is 35.5. The Balaban J connectivity index is 1.77. The van der Waals surface area contributed by atoms with Gasteiger partial charge in [0.1, 0.15) is 18.3 Å². The van der Waals surface area contributed by atoms with Crippen LogP contribution >= 0.6 is 23.2 Å². The molecule has 0 aromatic heterocycles. The Morgan fingerprint density at radius 1 is 0.933 bits per heavy atom. The van der Waals surface area contributed by atoms with Crippen molar-refractivity contribution in [1.82, 2.24) is 10.2 Å². The van der Waals surface area contributed by atoms with Crippen LogP contribution in [0.5, 0.6) is 5.75 Å². The van der Waals surface area contributed by atoms with E-state index in [1.54, 1.807) is 48.5 Å². The van der Waals surface area contributed by atoms with Gasteiger partial charge in [-0.05, 0) is 80.6 Å². The molecular weight excluding hydrogens is 633 g/mol. The lowest BCUT2D eigenvalue weighted by Crippen LogP contribution is -2.54. The summed E-state index contributed by atoms with van der Waals surface area (Å²) in [6.07, 6.45) is 5.32. The quantitative estimate of drug-likeness (QED) is 0.222. The van der Waals surface area contributed by atoms with Gasteiger partial charge in [-0.1, -0.05) is 79.2 Å². The zero-order valence-corrected chi connectivity index (χ0v) is 28.5. The third-order valence-corrected chi connectivity index (χ3v) is 10.7. The first-order valence-electron chi connectivity index (χ1n) is 15.2. The van der Waals surface area contributed by atoms with Crippen molar-refractivity contribution in [3.05, 3.63) is 87.4 Å². The van der Waals surface area contributed by atoms with Gasteiger partial charge < -0.3 is 15.0 Å². The van der Waals surface area contributed by atoms with Crippen molar-refractivity contribution < 1.29 is 22.7 Å². The van der Waals surface area contributed by atoms with Crippen LogP contribution in [0.25, 0.3) is 0 Å². The highest BCUT2D eigenvalue weighted by Crippen LogP contribution is 2.34. The number of ether oxygens (including phenoxy) is 1. The predicted octanol–water partition coefficient (Wildman–Crippen LogP) is 7.07. The molecule has 4 rings (SSSR count). The zero-order valence-electron chi connectivity index (χ0n) is 26.2. The first-order valence-corrected chi connectivity index (χ1v) is 17.4. The van der Waals surface area contributed by atoms with Crippen molar-refractivity contribution in [2.45, 2.75) is 82.8 Å². The van der Waals surface area contributed by atoms with E-state index in [1.807, 2.05) is 20.8 Å². The molecule has 242 valence electrons. The Morgan fingerprint density at radius 2 is 1.60 bits per heavy atom. The SMILES string of the molecule is CC[C@@H](C(=O)NC1CCCCC1)N(Cc1ccc(Cl)c(Cl)c1)C(=O)CN(c1cc(C)ccc1OC)S(=O)(=O)c1ccc(C)cc1. The third-order valence-electron chi connectivity index (χ3n) is 8.17. The van der Waals surface area contributed by atoms with Gasteiger partial charge in [0.25, 0.3) is 10.0 Å². The fourth-order valence-electron chi connectivity index (χ4n) is 5.64. The minimum Gasteiger partial charge on any atom is -0.495 e. The minimum absolute atomic E-state index is 0.0235. The number of amides is 2. The highest BCUT2D eigenvalue weighted by Gasteiger charge is 2.35. The van der Waals surface area contributed by atoms with Gasteiger partial charge in [0.2, 0.25) is 11.8 Å². The molecule has 0 unspecified atom stereocenters. The lowest BCUT2D eigenvalue weighted by atomic mass is 9.95. The van der Waals surface area contributed by atoms with Crippen molar-refractivity contribution in [2.75, 3.05) is 18.0 Å². The van der Waals surface area contributed by atoms with Crippen molar-refractivity contribution >= 4 is 50.7 Å². The summed E-state index contributed by atoms with van der Waals surface area (Å²) < 4.78 is 35.1. The lowest BCUT2D eigenvalue weighted by Gasteiger charge is -2.34. The Morgan fingerprint density at radius 3 is 2.22 bits per heavy atom. The summed E-state index contributed by atoms with van der Waals surface area (Å²) in [6.45, 7) is 5.00. The van der Waals surface area contributed by atoms with Crippen LogP contribution in [0.1, 0.15) is 62.1 Å². The molecule has 1 aliphatic carbocycles. The largest absolute Gasteiger partial charge is 0.495 e. The van der Waals surface area contributed by atoms with E-state index in [-0.39, 0.29) is 29.1 Å². The molecule has 0 saturated heterocycles. The first-order chi connectivity index (χ1) is 21.4. The van der Waals surface area contributed by atoms with Gasteiger partial charge >= 0.3 is 0 Å². The van der Waals surface area contributed by atoms with Crippen molar-refractivity contribution in [1.29, 1.82) is 0 Å². The number of rotatable bonds is 12. The molecule has 0 bridgehead atoms. The smallest absolute Gasteiger partial charge is 0.264 e. The number of carbonyl (C=O) groups is 2. The van der Waals surface area contributed by atoms with Gasteiger partial charge in [-0.25, -0.2) is 8.42 Å². The van der Waals surface area contributed by atoms with E-state index >= 15 is 0 Å². The molecule has 1 atom stereocenters. The molecule has 45 heavy (non-hydrogen) atoms. The van der Waals surface area contributed by atoms with Crippen molar-refractivity contribution in [3.8, 4) is 5.75 Å². The average molecular weight is 675 g/mol. The maximum absolute atomic E-state index is 14.4. The summed E-state index contributed by atoms with van der Waals surface area (Å²) in [5.41, 5.74) is 2.56. The molecule has 1 saturated carbocycles. The van der Waals surface area contributed by atoms with Gasteiger partial charge in [0.05, 0.1) is 27.7 Å². The van der Waals surface area contributed by atoms with Gasteiger partial charge in [-0.3, -0.25) is 13.9 Å². The zero-order chi connectivity index (χ0) is 32.7. The van der Waals surface area contributed by atoms with Crippen LogP contribution in [0.3, 0.4) is 0 Å². The second-order valence-electron chi connectivity index (χ2n) is 11.5. The number of sulfonamides is 1. The number of aryl methyl sites for hydroxylation is 2. The van der Waals surface area contributed by atoms with E-state index in [2.05, 4.69) is 5.32 Å².